The summed E-state index contributed by atoms with van der Waals surface area (Å²) < 4.78 is 23.9. The van der Waals surface area contributed by atoms with Gasteiger partial charge in [0.2, 0.25) is 0 Å². The van der Waals surface area contributed by atoms with Gasteiger partial charge in [0.1, 0.15) is 5.82 Å². The summed E-state index contributed by atoms with van der Waals surface area (Å²) in [6, 6.07) is 0. The third-order valence-electron chi connectivity index (χ3n) is 1.08. The minimum atomic E-state index is -2.81. The quantitative estimate of drug-likeness (QED) is 0.623. The van der Waals surface area contributed by atoms with Crippen LogP contribution in [0.25, 0.3) is 0 Å². The number of hydrogen-bond donors (Lipinski definition) is 1. The Hall–Kier alpha value is -1.20. The number of aromatic amines is 1. The van der Waals surface area contributed by atoms with E-state index >= 15 is 0 Å². The van der Waals surface area contributed by atoms with Crippen molar-refractivity contribution in [3.8, 4) is 0 Å². The summed E-state index contributed by atoms with van der Waals surface area (Å²) >= 11 is 0. The van der Waals surface area contributed by atoms with Gasteiger partial charge < -0.3 is 0 Å². The molecule has 1 rings (SSSR count). The van der Waals surface area contributed by atoms with E-state index in [9.17, 15) is 13.6 Å². The molecule has 0 spiro atoms. The summed E-state index contributed by atoms with van der Waals surface area (Å²) in [4.78, 5) is 10.4. The molecule has 4 nitrogen and oxygen atoms in total. The number of halogens is 2. The summed E-state index contributed by atoms with van der Waals surface area (Å²) in [6.07, 6.45) is 0. The lowest BCUT2D eigenvalue weighted by Crippen LogP contribution is -2.18. The highest BCUT2D eigenvalue weighted by Gasteiger charge is 2.12. The van der Waals surface area contributed by atoms with E-state index in [1.807, 2.05) is 5.10 Å². The highest BCUT2D eigenvalue weighted by atomic mass is 19.3. The van der Waals surface area contributed by atoms with Gasteiger partial charge in [-0.3, -0.25) is 0 Å². The van der Waals surface area contributed by atoms with Gasteiger partial charge in [0.15, 0.2) is 0 Å². The van der Waals surface area contributed by atoms with Crippen LogP contribution in [0.4, 0.5) is 8.78 Å². The predicted octanol–water partition coefficient (Wildman–Crippen LogP) is 0.275. The molecule has 1 aromatic rings. The largest absolute Gasteiger partial charge is 0.347 e. The Kier molecular flexibility index (Phi) is 1.52. The van der Waals surface area contributed by atoms with Crippen LogP contribution >= 0.6 is 0 Å². The zero-order valence-electron chi connectivity index (χ0n) is 5.14. The van der Waals surface area contributed by atoms with Crippen molar-refractivity contribution in [2.24, 2.45) is 0 Å². The number of nitrogens with one attached hydrogen (secondary N) is 1. The average molecular weight is 149 g/mol. The minimum absolute atomic E-state index is 0.0139. The van der Waals surface area contributed by atoms with Crippen LogP contribution in [0.1, 0.15) is 12.4 Å². The van der Waals surface area contributed by atoms with Gasteiger partial charge in [0.05, 0.1) is 0 Å². The predicted molar refractivity (Wildman–Crippen MR) is 28.8 cm³/mol. The van der Waals surface area contributed by atoms with Crippen molar-refractivity contribution in [3.05, 3.63) is 16.3 Å². The minimum Gasteiger partial charge on any atom is -0.246 e. The van der Waals surface area contributed by atoms with E-state index in [0.717, 1.165) is 0 Å². The number of rotatable bonds is 1. The maximum atomic E-state index is 11.8. The van der Waals surface area contributed by atoms with E-state index in [0.29, 0.717) is 0 Å². The third-order valence-corrected chi connectivity index (χ3v) is 1.08. The van der Waals surface area contributed by atoms with E-state index in [2.05, 4.69) is 5.10 Å². The molecule has 1 N–H and O–H groups in total. The lowest BCUT2D eigenvalue weighted by Gasteiger charge is -1.96. The molecule has 0 unspecified atom stereocenters. The van der Waals surface area contributed by atoms with Crippen molar-refractivity contribution < 1.29 is 8.78 Å². The van der Waals surface area contributed by atoms with Gasteiger partial charge in [-0.1, -0.05) is 0 Å². The van der Waals surface area contributed by atoms with Gasteiger partial charge in [-0.2, -0.15) is 13.9 Å². The van der Waals surface area contributed by atoms with Gasteiger partial charge in [-0.05, 0) is 6.92 Å². The Morgan fingerprint density at radius 1 is 1.70 bits per heavy atom. The van der Waals surface area contributed by atoms with Crippen molar-refractivity contribution in [2.75, 3.05) is 0 Å². The van der Waals surface area contributed by atoms with Crippen molar-refractivity contribution in [1.82, 2.24) is 14.8 Å². The average Bonchev–Trinajstić information content (AvgIpc) is 2.11. The Bertz CT molecular complexity index is 276. The van der Waals surface area contributed by atoms with Crippen LogP contribution in [-0.4, -0.2) is 14.8 Å². The Morgan fingerprint density at radius 2 is 2.30 bits per heavy atom. The van der Waals surface area contributed by atoms with Crippen LogP contribution in [0.15, 0.2) is 4.79 Å². The van der Waals surface area contributed by atoms with Crippen LogP contribution in [0.3, 0.4) is 0 Å². The summed E-state index contributed by atoms with van der Waals surface area (Å²) in [7, 11) is 0. The molecular weight excluding hydrogens is 144 g/mol. The van der Waals surface area contributed by atoms with E-state index in [1.165, 1.54) is 6.92 Å². The molecule has 0 radical (unpaired) electrons. The van der Waals surface area contributed by atoms with Gasteiger partial charge >= 0.3 is 12.2 Å². The van der Waals surface area contributed by atoms with Crippen molar-refractivity contribution in [2.45, 2.75) is 13.5 Å². The molecular formula is C4H5F2N3O. The molecule has 0 fully saturated rings. The first kappa shape index (κ1) is 6.91. The maximum Gasteiger partial charge on any atom is 0.347 e. The molecule has 0 atom stereocenters. The van der Waals surface area contributed by atoms with Crippen LogP contribution in [0.5, 0.6) is 0 Å². The molecule has 0 bridgehead atoms. The second-order valence-corrected chi connectivity index (χ2v) is 1.72. The fourth-order valence-electron chi connectivity index (χ4n) is 0.613. The number of aryl methyl sites for hydroxylation is 1. The Morgan fingerprint density at radius 3 is 2.50 bits per heavy atom. The molecule has 0 aliphatic carbocycles. The first-order chi connectivity index (χ1) is 4.63. The third kappa shape index (κ3) is 0.916. The van der Waals surface area contributed by atoms with Crippen molar-refractivity contribution >= 4 is 0 Å². The molecule has 1 aromatic heterocycles. The van der Waals surface area contributed by atoms with E-state index < -0.39 is 12.2 Å². The highest BCUT2D eigenvalue weighted by Crippen LogP contribution is 2.06. The zero-order chi connectivity index (χ0) is 7.72. The molecule has 0 aliphatic rings. The lowest BCUT2D eigenvalue weighted by molar-refractivity contribution is 0.0643. The topological polar surface area (TPSA) is 50.7 Å². The molecule has 0 aromatic carbocycles. The van der Waals surface area contributed by atoms with Crippen LogP contribution in [0.2, 0.25) is 0 Å². The summed E-state index contributed by atoms with van der Waals surface area (Å²) in [5.74, 6) is -0.0139. The fourth-order valence-corrected chi connectivity index (χ4v) is 0.613. The van der Waals surface area contributed by atoms with E-state index in [1.54, 1.807) is 0 Å². The maximum absolute atomic E-state index is 11.8. The van der Waals surface area contributed by atoms with Crippen molar-refractivity contribution in [1.29, 1.82) is 0 Å². The molecule has 56 valence electrons. The lowest BCUT2D eigenvalue weighted by atomic mass is 10.7. The second-order valence-electron chi connectivity index (χ2n) is 1.72. The highest BCUT2D eigenvalue weighted by molar-refractivity contribution is 4.80. The Balaban J connectivity index is 3.23. The second kappa shape index (κ2) is 2.20. The van der Waals surface area contributed by atoms with Gasteiger partial charge in [-0.25, -0.2) is 14.5 Å². The number of aromatic nitrogens is 3. The van der Waals surface area contributed by atoms with Crippen LogP contribution in [-0.2, 0) is 0 Å². The summed E-state index contributed by atoms with van der Waals surface area (Å²) in [5.41, 5.74) is -0.882. The van der Waals surface area contributed by atoms with Gasteiger partial charge in [-0.15, -0.1) is 0 Å². The summed E-state index contributed by atoms with van der Waals surface area (Å²) in [5, 5.41) is 5.18. The molecule has 0 aliphatic heterocycles. The van der Waals surface area contributed by atoms with E-state index in [-0.39, 0.29) is 10.4 Å². The number of alkyl halides is 2. The zero-order valence-corrected chi connectivity index (χ0v) is 5.14. The SMILES string of the molecule is Cc1n[nH]c(=O)n1C(F)F. The smallest absolute Gasteiger partial charge is 0.246 e. The van der Waals surface area contributed by atoms with E-state index in [4.69, 9.17) is 0 Å². The van der Waals surface area contributed by atoms with Crippen LogP contribution < -0.4 is 5.69 Å². The molecule has 0 amide bonds. The standard InChI is InChI=1S/C4H5F2N3O/c1-2-7-8-4(10)9(2)3(5)6/h3H,1H3,(H,8,10). The van der Waals surface area contributed by atoms with Crippen molar-refractivity contribution in [3.63, 3.8) is 0 Å². The first-order valence-electron chi connectivity index (χ1n) is 2.54. The molecule has 10 heavy (non-hydrogen) atoms. The van der Waals surface area contributed by atoms with Gasteiger partial charge in [0.25, 0.3) is 0 Å². The monoisotopic (exact) mass is 149 g/mol. The molecule has 0 saturated heterocycles. The number of nitrogens with zero attached hydrogens (tertiary/aromatic N) is 2. The number of hydrogen-bond acceptors (Lipinski definition) is 2. The molecule has 0 saturated carbocycles. The van der Waals surface area contributed by atoms with Gasteiger partial charge in [0, 0.05) is 0 Å². The first-order valence-corrected chi connectivity index (χ1v) is 2.54. The fraction of sp³-hybridized carbons (Fsp3) is 0.500. The summed E-state index contributed by atoms with van der Waals surface area (Å²) in [6.45, 7) is -1.49. The Labute approximate surface area is 54.5 Å². The van der Waals surface area contributed by atoms with Crippen LogP contribution in [0, 0.1) is 6.92 Å². The molecule has 6 heteroatoms. The molecule has 1 heterocycles. The number of H-pyrrole nitrogens is 1. The normalized spacial score (nSPS) is 10.8.